The van der Waals surface area contributed by atoms with E-state index in [1.807, 2.05) is 19.9 Å². The minimum absolute atomic E-state index is 0.135. The number of carbonyl (C=O) groups is 1. The van der Waals surface area contributed by atoms with Crippen molar-refractivity contribution in [2.75, 3.05) is 33.4 Å². The molecule has 2 heterocycles. The molecule has 2 rings (SSSR count). The number of hydrogen-bond donors (Lipinski definition) is 1. The Bertz CT molecular complexity index is 836. The molecule has 0 radical (unpaired) electrons. The summed E-state index contributed by atoms with van der Waals surface area (Å²) >= 11 is 0. The van der Waals surface area contributed by atoms with Gasteiger partial charge < -0.3 is 14.6 Å². The van der Waals surface area contributed by atoms with Crippen LogP contribution in [0.25, 0.3) is 6.08 Å². The maximum absolute atomic E-state index is 12.8. The Hall–Kier alpha value is -2.10. The van der Waals surface area contributed by atoms with E-state index in [0.717, 1.165) is 30.0 Å². The number of piperidine rings is 1. The van der Waals surface area contributed by atoms with E-state index in [1.165, 1.54) is 6.42 Å². The number of hydrogen-bond acceptors (Lipinski definition) is 4. The van der Waals surface area contributed by atoms with Gasteiger partial charge in [-0.3, -0.25) is 9.69 Å². The van der Waals surface area contributed by atoms with Crippen molar-refractivity contribution in [2.45, 2.75) is 66.5 Å². The maximum Gasteiger partial charge on any atom is 0.262 e. The number of aryl methyl sites for hydroxylation is 1. The Morgan fingerprint density at radius 1 is 1.35 bits per heavy atom. The van der Waals surface area contributed by atoms with Gasteiger partial charge in [-0.25, -0.2) is 0 Å². The van der Waals surface area contributed by atoms with Gasteiger partial charge in [0.2, 0.25) is 0 Å². The van der Waals surface area contributed by atoms with Gasteiger partial charge in [0, 0.05) is 43.7 Å². The standard InChI is InChI=1S/C25H40N4O2/c1-17-9-18(2)14-28(13-17)25(6,7)16-27-24(30)23(12-26)11-22-10-19(3)29(21(22)5)20(4)15-31-8/h10-11,17-18,20H,9,13-16H2,1-8H3,(H,27,30). The summed E-state index contributed by atoms with van der Waals surface area (Å²) in [7, 11) is 1.69. The molecule has 1 fully saturated rings. The van der Waals surface area contributed by atoms with Gasteiger partial charge in [-0.1, -0.05) is 13.8 Å². The van der Waals surface area contributed by atoms with Crippen LogP contribution in [0.15, 0.2) is 11.6 Å². The third-order valence-electron chi connectivity index (χ3n) is 6.44. The van der Waals surface area contributed by atoms with Crippen LogP contribution in [0, 0.1) is 37.0 Å². The van der Waals surface area contributed by atoms with Crippen molar-refractivity contribution in [3.05, 3.63) is 28.6 Å². The fourth-order valence-electron chi connectivity index (χ4n) is 4.91. The minimum Gasteiger partial charge on any atom is -0.383 e. The number of rotatable bonds is 8. The second-order valence-electron chi connectivity index (χ2n) is 10.0. The van der Waals surface area contributed by atoms with Gasteiger partial charge in [-0.2, -0.15) is 5.26 Å². The maximum atomic E-state index is 12.8. The zero-order valence-electron chi connectivity index (χ0n) is 20.6. The van der Waals surface area contributed by atoms with Gasteiger partial charge in [-0.05, 0) is 70.6 Å². The largest absolute Gasteiger partial charge is 0.383 e. The van der Waals surface area contributed by atoms with Crippen molar-refractivity contribution in [3.63, 3.8) is 0 Å². The number of ether oxygens (including phenoxy) is 1. The molecule has 1 amide bonds. The first-order chi connectivity index (χ1) is 14.5. The van der Waals surface area contributed by atoms with Crippen LogP contribution in [-0.4, -0.2) is 54.3 Å². The fourth-order valence-corrected chi connectivity index (χ4v) is 4.91. The van der Waals surface area contributed by atoms with Crippen LogP contribution in [-0.2, 0) is 9.53 Å². The van der Waals surface area contributed by atoms with Gasteiger partial charge in [0.15, 0.2) is 0 Å². The highest BCUT2D eigenvalue weighted by molar-refractivity contribution is 6.01. The lowest BCUT2D eigenvalue weighted by Gasteiger charge is -2.45. The molecule has 0 saturated carbocycles. The Morgan fingerprint density at radius 3 is 2.52 bits per heavy atom. The summed E-state index contributed by atoms with van der Waals surface area (Å²) in [6.45, 7) is 18.2. The van der Waals surface area contributed by atoms with Crippen LogP contribution in [0.5, 0.6) is 0 Å². The molecule has 1 aliphatic heterocycles. The molecule has 0 bridgehead atoms. The Kier molecular flexibility index (Phi) is 8.50. The summed E-state index contributed by atoms with van der Waals surface area (Å²) in [4.78, 5) is 15.3. The predicted molar refractivity (Wildman–Crippen MR) is 126 cm³/mol. The van der Waals surface area contributed by atoms with Crippen LogP contribution < -0.4 is 5.32 Å². The Labute approximate surface area is 188 Å². The number of nitrogens with zero attached hydrogens (tertiary/aromatic N) is 3. The first-order valence-electron chi connectivity index (χ1n) is 11.3. The number of methoxy groups -OCH3 is 1. The van der Waals surface area contributed by atoms with Crippen molar-refractivity contribution < 1.29 is 9.53 Å². The van der Waals surface area contributed by atoms with Crippen LogP contribution in [0.3, 0.4) is 0 Å². The van der Waals surface area contributed by atoms with Crippen molar-refractivity contribution in [3.8, 4) is 6.07 Å². The molecular weight excluding hydrogens is 388 g/mol. The lowest BCUT2D eigenvalue weighted by atomic mass is 9.88. The summed E-state index contributed by atoms with van der Waals surface area (Å²) in [5, 5.41) is 12.7. The molecule has 0 aromatic carbocycles. The topological polar surface area (TPSA) is 70.3 Å². The van der Waals surface area contributed by atoms with Crippen molar-refractivity contribution in [1.82, 2.24) is 14.8 Å². The number of nitrogens with one attached hydrogen (secondary N) is 1. The second-order valence-corrected chi connectivity index (χ2v) is 10.0. The van der Waals surface area contributed by atoms with Gasteiger partial charge in [-0.15, -0.1) is 0 Å². The SMILES string of the molecule is COCC(C)n1c(C)cc(C=C(C#N)C(=O)NCC(C)(C)N2CC(C)CC(C)C2)c1C. The molecule has 6 heteroatoms. The van der Waals surface area contributed by atoms with Gasteiger partial charge in [0.05, 0.1) is 12.6 Å². The van der Waals surface area contributed by atoms with E-state index in [0.29, 0.717) is 25.0 Å². The van der Waals surface area contributed by atoms with E-state index in [9.17, 15) is 10.1 Å². The van der Waals surface area contributed by atoms with Crippen LogP contribution in [0.4, 0.5) is 0 Å². The van der Waals surface area contributed by atoms with E-state index >= 15 is 0 Å². The van der Waals surface area contributed by atoms with Crippen molar-refractivity contribution in [1.29, 1.82) is 5.26 Å². The predicted octanol–water partition coefficient (Wildman–Crippen LogP) is 4.09. The molecule has 1 aromatic rings. The minimum atomic E-state index is -0.316. The fraction of sp³-hybridized carbons (Fsp3) is 0.680. The first-order valence-corrected chi connectivity index (χ1v) is 11.3. The quantitative estimate of drug-likeness (QED) is 0.500. The van der Waals surface area contributed by atoms with Crippen molar-refractivity contribution in [2.24, 2.45) is 11.8 Å². The lowest BCUT2D eigenvalue weighted by molar-refractivity contribution is -0.117. The number of likely N-dealkylation sites (tertiary alicyclic amines) is 1. The summed E-state index contributed by atoms with van der Waals surface area (Å²) in [5.41, 5.74) is 2.98. The second kappa shape index (κ2) is 10.5. The van der Waals surface area contributed by atoms with Crippen LogP contribution in [0.1, 0.15) is 64.0 Å². The average Bonchev–Trinajstić information content (AvgIpc) is 2.96. The summed E-state index contributed by atoms with van der Waals surface area (Å²) in [6.07, 6.45) is 2.95. The average molecular weight is 429 g/mol. The molecule has 172 valence electrons. The molecule has 1 N–H and O–H groups in total. The van der Waals surface area contributed by atoms with E-state index in [-0.39, 0.29) is 23.1 Å². The monoisotopic (exact) mass is 428 g/mol. The summed E-state index contributed by atoms with van der Waals surface area (Å²) < 4.78 is 7.47. The van der Waals surface area contributed by atoms with Gasteiger partial charge in [0.25, 0.3) is 5.91 Å². The third-order valence-corrected chi connectivity index (χ3v) is 6.44. The molecule has 6 nitrogen and oxygen atoms in total. The highest BCUT2D eigenvalue weighted by atomic mass is 16.5. The highest BCUT2D eigenvalue weighted by Gasteiger charge is 2.33. The van der Waals surface area contributed by atoms with E-state index in [4.69, 9.17) is 4.74 Å². The molecule has 3 unspecified atom stereocenters. The molecule has 1 aliphatic rings. The lowest BCUT2D eigenvalue weighted by Crippen LogP contribution is -2.56. The summed E-state index contributed by atoms with van der Waals surface area (Å²) in [6, 6.07) is 4.29. The molecule has 0 aliphatic carbocycles. The number of carbonyl (C=O) groups excluding carboxylic acids is 1. The van der Waals surface area contributed by atoms with Crippen LogP contribution >= 0.6 is 0 Å². The zero-order valence-corrected chi connectivity index (χ0v) is 20.6. The molecule has 0 spiro atoms. The van der Waals surface area contributed by atoms with Gasteiger partial charge >= 0.3 is 0 Å². The zero-order chi connectivity index (χ0) is 23.3. The normalized spacial score (nSPS) is 21.6. The molecular formula is C25H40N4O2. The highest BCUT2D eigenvalue weighted by Crippen LogP contribution is 2.27. The summed E-state index contributed by atoms with van der Waals surface area (Å²) in [5.74, 6) is 0.997. The first kappa shape index (κ1) is 25.2. The smallest absolute Gasteiger partial charge is 0.262 e. The molecule has 31 heavy (non-hydrogen) atoms. The number of amides is 1. The molecule has 1 aromatic heterocycles. The molecule has 1 saturated heterocycles. The van der Waals surface area contributed by atoms with Crippen LogP contribution in [0.2, 0.25) is 0 Å². The van der Waals surface area contributed by atoms with Crippen molar-refractivity contribution >= 4 is 12.0 Å². The van der Waals surface area contributed by atoms with E-state index < -0.39 is 0 Å². The Morgan fingerprint density at radius 2 is 1.97 bits per heavy atom. The van der Waals surface area contributed by atoms with E-state index in [2.05, 4.69) is 55.5 Å². The Balaban J connectivity index is 2.13. The number of aromatic nitrogens is 1. The van der Waals surface area contributed by atoms with Gasteiger partial charge in [0.1, 0.15) is 11.6 Å². The third kappa shape index (κ3) is 6.21. The molecule has 3 atom stereocenters. The number of nitriles is 1. The van der Waals surface area contributed by atoms with E-state index in [1.54, 1.807) is 13.2 Å².